The summed E-state index contributed by atoms with van der Waals surface area (Å²) in [6.45, 7) is 4.32. The van der Waals surface area contributed by atoms with E-state index in [1.54, 1.807) is 35.9 Å². The minimum atomic E-state index is -1.13. The summed E-state index contributed by atoms with van der Waals surface area (Å²) in [6.07, 6.45) is 0.848. The molecular formula is C15H17ClN6O2. The third-order valence-electron chi connectivity index (χ3n) is 4.04. The molecule has 1 atom stereocenters. The lowest BCUT2D eigenvalue weighted by molar-refractivity contribution is -0.131. The molecule has 1 saturated heterocycles. The summed E-state index contributed by atoms with van der Waals surface area (Å²) in [5.74, 6) is 0.126. The molecule has 3 amide bonds. The van der Waals surface area contributed by atoms with Gasteiger partial charge in [0.1, 0.15) is 5.54 Å². The molecule has 8 nitrogen and oxygen atoms in total. The van der Waals surface area contributed by atoms with E-state index in [9.17, 15) is 9.59 Å². The molecule has 1 N–H and O–H groups in total. The van der Waals surface area contributed by atoms with Gasteiger partial charge in [-0.2, -0.15) is 0 Å². The Morgan fingerprint density at radius 3 is 2.62 bits per heavy atom. The quantitative estimate of drug-likeness (QED) is 0.830. The molecular weight excluding hydrogens is 332 g/mol. The molecule has 0 bridgehead atoms. The van der Waals surface area contributed by atoms with E-state index in [-0.39, 0.29) is 12.5 Å². The average Bonchev–Trinajstić information content (AvgIpc) is 3.07. The van der Waals surface area contributed by atoms with Crippen molar-refractivity contribution in [3.63, 3.8) is 0 Å². The predicted molar refractivity (Wildman–Crippen MR) is 86.0 cm³/mol. The van der Waals surface area contributed by atoms with Crippen LogP contribution in [0.5, 0.6) is 0 Å². The number of tetrazole rings is 1. The van der Waals surface area contributed by atoms with E-state index in [1.807, 2.05) is 6.92 Å². The summed E-state index contributed by atoms with van der Waals surface area (Å²) < 4.78 is 1.60. The zero-order valence-electron chi connectivity index (χ0n) is 13.4. The number of urea groups is 1. The van der Waals surface area contributed by atoms with Gasteiger partial charge in [-0.25, -0.2) is 9.48 Å². The van der Waals surface area contributed by atoms with Gasteiger partial charge in [-0.1, -0.05) is 30.7 Å². The molecule has 0 aliphatic carbocycles. The minimum Gasteiger partial charge on any atom is -0.319 e. The van der Waals surface area contributed by atoms with Crippen LogP contribution >= 0.6 is 11.6 Å². The second-order valence-electron chi connectivity index (χ2n) is 5.77. The van der Waals surface area contributed by atoms with E-state index in [0.29, 0.717) is 23.0 Å². The van der Waals surface area contributed by atoms with Crippen LogP contribution in [-0.2, 0) is 23.4 Å². The van der Waals surface area contributed by atoms with Gasteiger partial charge in [0.05, 0.1) is 6.54 Å². The normalized spacial score (nSPS) is 20.5. The molecule has 126 valence electrons. The highest BCUT2D eigenvalue weighted by atomic mass is 35.5. The van der Waals surface area contributed by atoms with Gasteiger partial charge in [0.25, 0.3) is 5.91 Å². The number of carbonyl (C=O) groups excluding carboxylic acids is 2. The minimum absolute atomic E-state index is 0.0286. The monoisotopic (exact) mass is 348 g/mol. The zero-order valence-corrected chi connectivity index (χ0v) is 14.1. The first kappa shape index (κ1) is 16.4. The van der Waals surface area contributed by atoms with Crippen LogP contribution in [-0.4, -0.2) is 37.0 Å². The Balaban J connectivity index is 1.86. The van der Waals surface area contributed by atoms with Crippen LogP contribution in [0.15, 0.2) is 24.3 Å². The first-order valence-electron chi connectivity index (χ1n) is 7.61. The highest BCUT2D eigenvalue weighted by Gasteiger charge is 2.49. The molecule has 2 aromatic rings. The third-order valence-corrected chi connectivity index (χ3v) is 4.29. The number of benzene rings is 1. The Hall–Kier alpha value is -2.48. The van der Waals surface area contributed by atoms with Crippen molar-refractivity contribution in [1.82, 2.24) is 30.4 Å². The summed E-state index contributed by atoms with van der Waals surface area (Å²) in [6, 6.07) is 6.36. The van der Waals surface area contributed by atoms with Crippen LogP contribution in [0.4, 0.5) is 4.79 Å². The predicted octanol–water partition coefficient (Wildman–Crippen LogP) is 1.70. The van der Waals surface area contributed by atoms with Gasteiger partial charge < -0.3 is 5.32 Å². The van der Waals surface area contributed by atoms with E-state index in [4.69, 9.17) is 11.6 Å². The number of nitrogens with one attached hydrogen (secondary N) is 1. The SMILES string of the molecule is CCCn1nnnc1CN1C(=O)NC(C)(c2ccc(Cl)cc2)C1=O. The molecule has 1 aromatic carbocycles. The van der Waals surface area contributed by atoms with Crippen LogP contribution in [0.1, 0.15) is 31.7 Å². The Morgan fingerprint density at radius 2 is 1.96 bits per heavy atom. The number of nitrogens with zero attached hydrogens (tertiary/aromatic N) is 5. The van der Waals surface area contributed by atoms with Gasteiger partial charge in [0, 0.05) is 11.6 Å². The van der Waals surface area contributed by atoms with Crippen molar-refractivity contribution in [2.75, 3.05) is 0 Å². The summed E-state index contributed by atoms with van der Waals surface area (Å²) in [5.41, 5.74) is -0.467. The number of hydrogen-bond acceptors (Lipinski definition) is 5. The van der Waals surface area contributed by atoms with Crippen LogP contribution < -0.4 is 5.32 Å². The van der Waals surface area contributed by atoms with E-state index in [1.165, 1.54) is 0 Å². The van der Waals surface area contributed by atoms with Gasteiger partial charge in [-0.05, 0) is 41.5 Å². The molecule has 24 heavy (non-hydrogen) atoms. The third kappa shape index (κ3) is 2.73. The first-order chi connectivity index (χ1) is 11.5. The molecule has 0 radical (unpaired) electrons. The number of hydrogen-bond donors (Lipinski definition) is 1. The van der Waals surface area contributed by atoms with E-state index >= 15 is 0 Å². The molecule has 9 heteroatoms. The fourth-order valence-electron chi connectivity index (χ4n) is 2.68. The summed E-state index contributed by atoms with van der Waals surface area (Å²) in [7, 11) is 0. The van der Waals surface area contributed by atoms with Crippen molar-refractivity contribution in [3.8, 4) is 0 Å². The molecule has 1 unspecified atom stereocenters. The molecule has 3 rings (SSSR count). The Morgan fingerprint density at radius 1 is 1.25 bits per heavy atom. The Labute approximate surface area is 143 Å². The second kappa shape index (κ2) is 6.20. The number of aromatic nitrogens is 4. The van der Waals surface area contributed by atoms with E-state index < -0.39 is 11.6 Å². The smallest absolute Gasteiger partial charge is 0.319 e. The van der Waals surface area contributed by atoms with Crippen molar-refractivity contribution < 1.29 is 9.59 Å². The fourth-order valence-corrected chi connectivity index (χ4v) is 2.81. The lowest BCUT2D eigenvalue weighted by atomic mass is 9.92. The van der Waals surface area contributed by atoms with Gasteiger partial charge in [0.2, 0.25) is 0 Å². The van der Waals surface area contributed by atoms with Gasteiger partial charge in [0.15, 0.2) is 5.82 Å². The number of imide groups is 1. The summed E-state index contributed by atoms with van der Waals surface area (Å²) >= 11 is 5.89. The molecule has 0 spiro atoms. The maximum atomic E-state index is 12.9. The van der Waals surface area contributed by atoms with Crippen LogP contribution in [0.25, 0.3) is 0 Å². The van der Waals surface area contributed by atoms with Gasteiger partial charge in [-0.15, -0.1) is 5.10 Å². The average molecular weight is 349 g/mol. The van der Waals surface area contributed by atoms with Gasteiger partial charge in [-0.3, -0.25) is 9.69 Å². The van der Waals surface area contributed by atoms with Crippen LogP contribution in [0.3, 0.4) is 0 Å². The van der Waals surface area contributed by atoms with Crippen LogP contribution in [0.2, 0.25) is 5.02 Å². The Bertz CT molecular complexity index is 775. The molecule has 2 heterocycles. The largest absolute Gasteiger partial charge is 0.325 e. The van der Waals surface area contributed by atoms with Crippen molar-refractivity contribution in [3.05, 3.63) is 40.7 Å². The van der Waals surface area contributed by atoms with E-state index in [2.05, 4.69) is 20.8 Å². The standard InChI is InChI=1S/C15H17ClN6O2/c1-3-8-22-12(18-19-20-22)9-21-13(23)15(2,17-14(21)24)10-4-6-11(16)7-5-10/h4-7H,3,8-9H2,1-2H3,(H,17,24). The molecule has 0 saturated carbocycles. The topological polar surface area (TPSA) is 93.0 Å². The lowest BCUT2D eigenvalue weighted by Gasteiger charge is -2.22. The zero-order chi connectivity index (χ0) is 17.3. The molecule has 1 aromatic heterocycles. The Kier molecular flexibility index (Phi) is 4.23. The van der Waals surface area contributed by atoms with Crippen molar-refractivity contribution >= 4 is 23.5 Å². The highest BCUT2D eigenvalue weighted by Crippen LogP contribution is 2.30. The van der Waals surface area contributed by atoms with E-state index in [0.717, 1.165) is 11.3 Å². The highest BCUT2D eigenvalue weighted by molar-refractivity contribution is 6.30. The molecule has 1 fully saturated rings. The maximum Gasteiger partial charge on any atom is 0.325 e. The van der Waals surface area contributed by atoms with Crippen molar-refractivity contribution in [2.24, 2.45) is 0 Å². The number of aryl methyl sites for hydroxylation is 1. The maximum absolute atomic E-state index is 12.9. The van der Waals surface area contributed by atoms with Crippen molar-refractivity contribution in [1.29, 1.82) is 0 Å². The second-order valence-corrected chi connectivity index (χ2v) is 6.21. The van der Waals surface area contributed by atoms with Crippen molar-refractivity contribution in [2.45, 2.75) is 38.9 Å². The molecule has 1 aliphatic rings. The lowest BCUT2D eigenvalue weighted by Crippen LogP contribution is -2.40. The first-order valence-corrected chi connectivity index (χ1v) is 7.98. The summed E-state index contributed by atoms with van der Waals surface area (Å²) in [5, 5.41) is 14.7. The number of amides is 3. The molecule has 1 aliphatic heterocycles. The van der Waals surface area contributed by atoms with Gasteiger partial charge >= 0.3 is 6.03 Å². The summed E-state index contributed by atoms with van der Waals surface area (Å²) in [4.78, 5) is 26.3. The number of carbonyl (C=O) groups is 2. The number of rotatable bonds is 5. The van der Waals surface area contributed by atoms with Crippen LogP contribution in [0, 0.1) is 0 Å². The fraction of sp³-hybridized carbons (Fsp3) is 0.400. The number of halogens is 1.